The fourth-order valence-electron chi connectivity index (χ4n) is 1.32. The van der Waals surface area contributed by atoms with Gasteiger partial charge in [-0.2, -0.15) is 0 Å². The molecule has 14 heavy (non-hydrogen) atoms. The molecule has 0 aromatic carbocycles. The Hall–Kier alpha value is -0.930. The Bertz CT molecular complexity index is 465. The van der Waals surface area contributed by atoms with Crippen LogP contribution < -0.4 is 0 Å². The van der Waals surface area contributed by atoms with Gasteiger partial charge in [0.1, 0.15) is 0 Å². The monoisotopic (exact) mass is 224 g/mol. The van der Waals surface area contributed by atoms with E-state index in [0.29, 0.717) is 5.28 Å². The van der Waals surface area contributed by atoms with E-state index in [-0.39, 0.29) is 0 Å². The van der Waals surface area contributed by atoms with E-state index in [1.165, 1.54) is 4.88 Å². The van der Waals surface area contributed by atoms with Gasteiger partial charge < -0.3 is 0 Å². The molecule has 4 heteroatoms. The second kappa shape index (κ2) is 3.67. The average Bonchev–Trinajstić information content (AvgIpc) is 2.56. The molecule has 0 bridgehead atoms. The molecule has 0 fully saturated rings. The van der Waals surface area contributed by atoms with Gasteiger partial charge in [-0.05, 0) is 42.5 Å². The fraction of sp³-hybridized carbons (Fsp3) is 0.200. The maximum absolute atomic E-state index is 5.77. The Labute approximate surface area is 91.6 Å². The smallest absolute Gasteiger partial charge is 0.222 e. The Kier molecular flexibility index (Phi) is 2.52. The van der Waals surface area contributed by atoms with Crippen LogP contribution in [0, 0.1) is 13.8 Å². The second-order valence-corrected chi connectivity index (χ2v) is 4.52. The van der Waals surface area contributed by atoms with Gasteiger partial charge in [-0.15, -0.1) is 11.3 Å². The van der Waals surface area contributed by atoms with Crippen molar-refractivity contribution < 1.29 is 0 Å². The quantitative estimate of drug-likeness (QED) is 0.694. The summed E-state index contributed by atoms with van der Waals surface area (Å²) in [5.74, 6) is 0. The number of hydrogen-bond acceptors (Lipinski definition) is 3. The molecule has 0 radical (unpaired) electrons. The third kappa shape index (κ3) is 1.65. The average molecular weight is 225 g/mol. The molecule has 0 amide bonds. The van der Waals surface area contributed by atoms with Gasteiger partial charge >= 0.3 is 0 Å². The summed E-state index contributed by atoms with van der Waals surface area (Å²) in [5.41, 5.74) is 3.14. The molecule has 0 saturated carbocycles. The van der Waals surface area contributed by atoms with Crippen molar-refractivity contribution in [1.29, 1.82) is 0 Å². The molecule has 72 valence electrons. The summed E-state index contributed by atoms with van der Waals surface area (Å²) in [4.78, 5) is 9.43. The molecule has 2 heterocycles. The van der Waals surface area contributed by atoms with Crippen molar-refractivity contribution >= 4 is 22.9 Å². The lowest BCUT2D eigenvalue weighted by Crippen LogP contribution is -1.91. The van der Waals surface area contributed by atoms with Gasteiger partial charge in [-0.3, -0.25) is 0 Å². The molecule has 0 N–H and O–H groups in total. The zero-order chi connectivity index (χ0) is 10.1. The predicted octanol–water partition coefficient (Wildman–Crippen LogP) is 3.48. The van der Waals surface area contributed by atoms with Crippen LogP contribution in [-0.2, 0) is 0 Å². The summed E-state index contributed by atoms with van der Waals surface area (Å²) in [5, 5.41) is 2.36. The molecule has 2 aromatic heterocycles. The molecule has 2 aromatic rings. The minimum atomic E-state index is 0.302. The van der Waals surface area contributed by atoms with Crippen molar-refractivity contribution in [3.63, 3.8) is 0 Å². The Morgan fingerprint density at radius 1 is 1.36 bits per heavy atom. The van der Waals surface area contributed by atoms with Crippen LogP contribution in [0.25, 0.3) is 11.3 Å². The predicted molar refractivity (Wildman–Crippen MR) is 59.8 cm³/mol. The Balaban J connectivity index is 2.62. The van der Waals surface area contributed by atoms with E-state index in [1.54, 1.807) is 17.5 Å². The Morgan fingerprint density at radius 3 is 2.79 bits per heavy atom. The SMILES string of the molecule is Cc1cnc(Cl)nc1-c1ccsc1C. The third-order valence-corrected chi connectivity index (χ3v) is 3.08. The van der Waals surface area contributed by atoms with Crippen molar-refractivity contribution in [3.05, 3.63) is 33.4 Å². The molecule has 0 aliphatic heterocycles. The third-order valence-electron chi connectivity index (χ3n) is 2.06. The van der Waals surface area contributed by atoms with Crippen LogP contribution in [0.1, 0.15) is 10.4 Å². The zero-order valence-electron chi connectivity index (χ0n) is 7.91. The number of hydrogen-bond donors (Lipinski definition) is 0. The fourth-order valence-corrected chi connectivity index (χ4v) is 2.16. The first-order valence-electron chi connectivity index (χ1n) is 4.22. The molecule has 0 aliphatic rings. The lowest BCUT2D eigenvalue weighted by molar-refractivity contribution is 1.13. The van der Waals surface area contributed by atoms with E-state index >= 15 is 0 Å². The van der Waals surface area contributed by atoms with Gasteiger partial charge in [-0.25, -0.2) is 9.97 Å². The molecule has 0 unspecified atom stereocenters. The maximum atomic E-state index is 5.77. The highest BCUT2D eigenvalue weighted by molar-refractivity contribution is 7.10. The number of nitrogens with zero attached hydrogens (tertiary/aromatic N) is 2. The van der Waals surface area contributed by atoms with Gasteiger partial charge in [0.25, 0.3) is 0 Å². The Morgan fingerprint density at radius 2 is 2.14 bits per heavy atom. The van der Waals surface area contributed by atoms with Gasteiger partial charge in [0.05, 0.1) is 5.69 Å². The number of aryl methyl sites for hydroxylation is 2. The van der Waals surface area contributed by atoms with Crippen LogP contribution in [-0.4, -0.2) is 9.97 Å². The molecule has 2 rings (SSSR count). The highest BCUT2D eigenvalue weighted by Gasteiger charge is 2.08. The van der Waals surface area contributed by atoms with E-state index in [0.717, 1.165) is 16.8 Å². The van der Waals surface area contributed by atoms with Crippen molar-refractivity contribution in [2.45, 2.75) is 13.8 Å². The zero-order valence-corrected chi connectivity index (χ0v) is 9.49. The van der Waals surface area contributed by atoms with E-state index in [9.17, 15) is 0 Å². The molecule has 0 atom stereocenters. The molecule has 0 saturated heterocycles. The summed E-state index contributed by atoms with van der Waals surface area (Å²) < 4.78 is 0. The summed E-state index contributed by atoms with van der Waals surface area (Å²) >= 11 is 7.48. The molecule has 2 nitrogen and oxygen atoms in total. The van der Waals surface area contributed by atoms with Crippen molar-refractivity contribution in [3.8, 4) is 11.3 Å². The van der Waals surface area contributed by atoms with Crippen LogP contribution in [0.4, 0.5) is 0 Å². The molecule has 0 aliphatic carbocycles. The minimum absolute atomic E-state index is 0.302. The van der Waals surface area contributed by atoms with Gasteiger partial charge in [0.2, 0.25) is 5.28 Å². The summed E-state index contributed by atoms with van der Waals surface area (Å²) in [6.45, 7) is 4.07. The lowest BCUT2D eigenvalue weighted by atomic mass is 10.1. The number of aromatic nitrogens is 2. The van der Waals surface area contributed by atoms with Crippen molar-refractivity contribution in [2.24, 2.45) is 0 Å². The van der Waals surface area contributed by atoms with Crippen molar-refractivity contribution in [1.82, 2.24) is 9.97 Å². The number of halogens is 1. The van der Waals surface area contributed by atoms with Gasteiger partial charge in [0, 0.05) is 16.6 Å². The summed E-state index contributed by atoms with van der Waals surface area (Å²) in [6.07, 6.45) is 1.75. The lowest BCUT2D eigenvalue weighted by Gasteiger charge is -2.03. The number of thiophene rings is 1. The maximum Gasteiger partial charge on any atom is 0.222 e. The first-order chi connectivity index (χ1) is 6.68. The molecular formula is C10H9ClN2S. The normalized spacial score (nSPS) is 10.5. The van der Waals surface area contributed by atoms with E-state index < -0.39 is 0 Å². The standard InChI is InChI=1S/C10H9ClN2S/c1-6-5-12-10(11)13-9(6)8-3-4-14-7(8)2/h3-5H,1-2H3. The molecule has 0 spiro atoms. The van der Waals surface area contributed by atoms with Crippen molar-refractivity contribution in [2.75, 3.05) is 0 Å². The number of rotatable bonds is 1. The minimum Gasteiger partial charge on any atom is -0.226 e. The van der Waals surface area contributed by atoms with Gasteiger partial charge in [0.15, 0.2) is 0 Å². The summed E-state index contributed by atoms with van der Waals surface area (Å²) in [7, 11) is 0. The van der Waals surface area contributed by atoms with Crippen LogP contribution in [0.15, 0.2) is 17.6 Å². The first kappa shape index (κ1) is 9.62. The second-order valence-electron chi connectivity index (χ2n) is 3.06. The highest BCUT2D eigenvalue weighted by Crippen LogP contribution is 2.28. The van der Waals surface area contributed by atoms with E-state index in [2.05, 4.69) is 28.3 Å². The van der Waals surface area contributed by atoms with Gasteiger partial charge in [-0.1, -0.05) is 0 Å². The van der Waals surface area contributed by atoms with Crippen LogP contribution in [0.2, 0.25) is 5.28 Å². The van der Waals surface area contributed by atoms with Crippen LogP contribution in [0.5, 0.6) is 0 Å². The van der Waals surface area contributed by atoms with Crippen LogP contribution >= 0.6 is 22.9 Å². The molecular weight excluding hydrogens is 216 g/mol. The highest BCUT2D eigenvalue weighted by atomic mass is 35.5. The largest absolute Gasteiger partial charge is 0.226 e. The first-order valence-corrected chi connectivity index (χ1v) is 5.48. The van der Waals surface area contributed by atoms with E-state index in [4.69, 9.17) is 11.6 Å². The van der Waals surface area contributed by atoms with E-state index in [1.807, 2.05) is 6.92 Å². The topological polar surface area (TPSA) is 25.8 Å². The van der Waals surface area contributed by atoms with Crippen LogP contribution in [0.3, 0.4) is 0 Å². The summed E-state index contributed by atoms with van der Waals surface area (Å²) in [6, 6.07) is 2.06.